The lowest BCUT2D eigenvalue weighted by atomic mass is 10.1. The molecule has 1 saturated heterocycles. The maximum Gasteiger partial charge on any atom is 0.264 e. The number of hydrogen-bond acceptors (Lipinski definition) is 6. The third kappa shape index (κ3) is 4.80. The number of aromatic hydroxyl groups is 1. The predicted octanol–water partition coefficient (Wildman–Crippen LogP) is 4.03. The van der Waals surface area contributed by atoms with E-state index in [1.807, 2.05) is 25.1 Å². The summed E-state index contributed by atoms with van der Waals surface area (Å²) in [6.45, 7) is 3.39. The summed E-state index contributed by atoms with van der Waals surface area (Å²) in [6, 6.07) is 13.7. The molecular formula is C21H20N2O4S. The van der Waals surface area contributed by atoms with Crippen molar-refractivity contribution in [2.24, 2.45) is 4.99 Å². The Kier molecular flexibility index (Phi) is 6.16. The molecule has 1 fully saturated rings. The molecule has 1 aliphatic rings. The number of ether oxygens (including phenoxy) is 1. The number of thioether (sulfide) groups is 1. The van der Waals surface area contributed by atoms with Crippen molar-refractivity contribution >= 4 is 40.4 Å². The number of hydrogen-bond donors (Lipinski definition) is 2. The number of nitrogens with one attached hydrogen (secondary N) is 1. The molecule has 2 N–H and O–H groups in total. The van der Waals surface area contributed by atoms with Crippen LogP contribution < -0.4 is 10.1 Å². The third-order valence-electron chi connectivity index (χ3n) is 4.01. The lowest BCUT2D eigenvalue weighted by molar-refractivity contribution is -0.123. The van der Waals surface area contributed by atoms with Crippen LogP contribution >= 0.6 is 11.8 Å². The van der Waals surface area contributed by atoms with Gasteiger partial charge in [0.05, 0.1) is 10.6 Å². The first-order chi connectivity index (χ1) is 13.5. The maximum atomic E-state index is 12.3. The van der Waals surface area contributed by atoms with Crippen LogP contribution in [0.3, 0.4) is 0 Å². The molecule has 0 radical (unpaired) electrons. The molecule has 144 valence electrons. The fraction of sp³-hybridized carbons (Fsp3) is 0.190. The quantitative estimate of drug-likeness (QED) is 0.720. The smallest absolute Gasteiger partial charge is 0.264 e. The van der Waals surface area contributed by atoms with Gasteiger partial charge in [0.2, 0.25) is 0 Å². The molecule has 0 bridgehead atoms. The average Bonchev–Trinajstić information content (AvgIpc) is 2.99. The zero-order valence-electron chi connectivity index (χ0n) is 15.5. The Balaban J connectivity index is 1.84. The molecule has 0 aromatic heterocycles. The highest BCUT2D eigenvalue weighted by molar-refractivity contribution is 8.18. The molecule has 0 saturated carbocycles. The summed E-state index contributed by atoms with van der Waals surface area (Å²) in [7, 11) is 0. The Morgan fingerprint density at radius 3 is 2.79 bits per heavy atom. The normalized spacial score (nSPS) is 17.6. The molecule has 1 atom stereocenters. The van der Waals surface area contributed by atoms with E-state index in [2.05, 4.69) is 10.3 Å². The molecule has 1 aliphatic heterocycles. The number of carbonyl (C=O) groups excluding carboxylic acids is 2. The molecule has 2 aromatic rings. The van der Waals surface area contributed by atoms with Crippen molar-refractivity contribution in [1.82, 2.24) is 5.32 Å². The molecular weight excluding hydrogens is 376 g/mol. The predicted molar refractivity (Wildman–Crippen MR) is 111 cm³/mol. The summed E-state index contributed by atoms with van der Waals surface area (Å²) in [5.74, 6) is 0.341. The van der Waals surface area contributed by atoms with Crippen molar-refractivity contribution < 1.29 is 19.4 Å². The van der Waals surface area contributed by atoms with Crippen LogP contribution in [0.4, 0.5) is 5.69 Å². The van der Waals surface area contributed by atoms with Gasteiger partial charge in [-0.25, -0.2) is 4.99 Å². The van der Waals surface area contributed by atoms with E-state index in [0.717, 1.165) is 0 Å². The van der Waals surface area contributed by atoms with Gasteiger partial charge in [0, 0.05) is 11.6 Å². The second-order valence-electron chi connectivity index (χ2n) is 6.16. The first kappa shape index (κ1) is 19.7. The first-order valence-electron chi connectivity index (χ1n) is 8.81. The Hall–Kier alpha value is -3.06. The molecule has 1 amide bonds. The van der Waals surface area contributed by atoms with E-state index in [1.54, 1.807) is 30.3 Å². The number of aliphatic imine (C=N–C) groups is 1. The number of phenols is 1. The molecule has 0 aliphatic carbocycles. The van der Waals surface area contributed by atoms with E-state index < -0.39 is 6.10 Å². The van der Waals surface area contributed by atoms with Gasteiger partial charge in [-0.05, 0) is 49.4 Å². The number of Topliss-reactive ketones (excluding diaryl/α,β-unsaturated/α-hetero) is 1. The fourth-order valence-electron chi connectivity index (χ4n) is 2.62. The first-order valence-corrected chi connectivity index (χ1v) is 9.62. The SMILES string of the molecule is CCC(Oc1ccccc1/C=C1\SC(=Nc2cccc(O)c2)NC1=O)C(C)=O. The minimum atomic E-state index is -0.521. The van der Waals surface area contributed by atoms with E-state index in [1.165, 1.54) is 24.8 Å². The van der Waals surface area contributed by atoms with Gasteiger partial charge in [-0.3, -0.25) is 9.59 Å². The van der Waals surface area contributed by atoms with Gasteiger partial charge >= 0.3 is 0 Å². The van der Waals surface area contributed by atoms with Crippen LogP contribution in [0.1, 0.15) is 25.8 Å². The van der Waals surface area contributed by atoms with Crippen LogP contribution in [0.2, 0.25) is 0 Å². The molecule has 6 nitrogen and oxygen atoms in total. The molecule has 3 rings (SSSR count). The number of ketones is 1. The number of nitrogens with zero attached hydrogens (tertiary/aromatic N) is 1. The average molecular weight is 396 g/mol. The van der Waals surface area contributed by atoms with Crippen molar-refractivity contribution in [1.29, 1.82) is 0 Å². The van der Waals surface area contributed by atoms with Crippen molar-refractivity contribution in [3.05, 3.63) is 59.0 Å². The highest BCUT2D eigenvalue weighted by atomic mass is 32.2. The van der Waals surface area contributed by atoms with E-state index in [9.17, 15) is 14.7 Å². The van der Waals surface area contributed by atoms with E-state index in [0.29, 0.717) is 33.5 Å². The minimum Gasteiger partial charge on any atom is -0.508 e. The number of para-hydroxylation sites is 1. The van der Waals surface area contributed by atoms with E-state index in [4.69, 9.17) is 4.74 Å². The lowest BCUT2D eigenvalue weighted by Gasteiger charge is -2.16. The number of phenolic OH excluding ortho intramolecular Hbond substituents is 1. The lowest BCUT2D eigenvalue weighted by Crippen LogP contribution is -2.24. The minimum absolute atomic E-state index is 0.0431. The second-order valence-corrected chi connectivity index (χ2v) is 7.20. The van der Waals surface area contributed by atoms with Gasteiger partial charge < -0.3 is 15.2 Å². The topological polar surface area (TPSA) is 88.0 Å². The summed E-state index contributed by atoms with van der Waals surface area (Å²) in [5.41, 5.74) is 1.25. The molecule has 7 heteroatoms. The summed E-state index contributed by atoms with van der Waals surface area (Å²) in [6.07, 6.45) is 1.76. The van der Waals surface area contributed by atoms with Gasteiger partial charge in [0.25, 0.3) is 5.91 Å². The van der Waals surface area contributed by atoms with Crippen LogP contribution in [-0.2, 0) is 9.59 Å². The Morgan fingerprint density at radius 1 is 1.29 bits per heavy atom. The Labute approximate surface area is 167 Å². The van der Waals surface area contributed by atoms with Crippen LogP contribution in [0.25, 0.3) is 6.08 Å². The Morgan fingerprint density at radius 2 is 2.07 bits per heavy atom. The zero-order valence-corrected chi connectivity index (χ0v) is 16.3. The second kappa shape index (κ2) is 8.75. The van der Waals surface area contributed by atoms with Crippen molar-refractivity contribution in [2.45, 2.75) is 26.4 Å². The van der Waals surface area contributed by atoms with Gasteiger partial charge in [-0.1, -0.05) is 31.2 Å². The van der Waals surface area contributed by atoms with Gasteiger partial charge in [-0.2, -0.15) is 0 Å². The molecule has 0 spiro atoms. The van der Waals surface area contributed by atoms with Crippen molar-refractivity contribution in [3.8, 4) is 11.5 Å². The summed E-state index contributed by atoms with van der Waals surface area (Å²) in [5, 5.41) is 12.7. The van der Waals surface area contributed by atoms with Crippen LogP contribution in [0, 0.1) is 0 Å². The van der Waals surface area contributed by atoms with E-state index >= 15 is 0 Å². The third-order valence-corrected chi connectivity index (χ3v) is 4.92. The molecule has 2 aromatic carbocycles. The number of rotatable bonds is 6. The fourth-order valence-corrected chi connectivity index (χ4v) is 3.45. The molecule has 28 heavy (non-hydrogen) atoms. The summed E-state index contributed by atoms with van der Waals surface area (Å²) < 4.78 is 5.84. The molecule has 1 unspecified atom stereocenters. The maximum absolute atomic E-state index is 12.3. The van der Waals surface area contributed by atoms with Crippen LogP contribution in [-0.4, -0.2) is 28.1 Å². The summed E-state index contributed by atoms with van der Waals surface area (Å²) in [4.78, 5) is 28.8. The highest BCUT2D eigenvalue weighted by Crippen LogP contribution is 2.31. The zero-order chi connectivity index (χ0) is 20.1. The molecule has 1 heterocycles. The van der Waals surface area contributed by atoms with Crippen LogP contribution in [0.5, 0.6) is 11.5 Å². The number of benzene rings is 2. The van der Waals surface area contributed by atoms with Gasteiger partial charge in [-0.15, -0.1) is 0 Å². The van der Waals surface area contributed by atoms with Crippen molar-refractivity contribution in [2.75, 3.05) is 0 Å². The Bertz CT molecular complexity index is 968. The van der Waals surface area contributed by atoms with Crippen molar-refractivity contribution in [3.63, 3.8) is 0 Å². The number of amidine groups is 1. The highest BCUT2D eigenvalue weighted by Gasteiger charge is 2.24. The summed E-state index contributed by atoms with van der Waals surface area (Å²) >= 11 is 1.20. The van der Waals surface area contributed by atoms with Gasteiger partial charge in [0.15, 0.2) is 17.1 Å². The largest absolute Gasteiger partial charge is 0.508 e. The standard InChI is InChI=1S/C21H20N2O4S/c1-3-17(13(2)24)27-18-10-5-4-7-14(18)11-19-20(26)23-21(28-19)22-15-8-6-9-16(25)12-15/h4-12,17,25H,3H2,1-2H3,(H,22,23,26)/b19-11-. The number of amides is 1. The van der Waals surface area contributed by atoms with Crippen LogP contribution in [0.15, 0.2) is 58.4 Å². The van der Waals surface area contributed by atoms with E-state index in [-0.39, 0.29) is 17.4 Å². The van der Waals surface area contributed by atoms with Gasteiger partial charge in [0.1, 0.15) is 11.5 Å². The monoisotopic (exact) mass is 396 g/mol. The number of carbonyl (C=O) groups is 2.